The van der Waals surface area contributed by atoms with E-state index in [1.165, 1.54) is 0 Å². The van der Waals surface area contributed by atoms with Crippen LogP contribution in [-0.2, 0) is 18.4 Å². The molecule has 1 fully saturated rings. The van der Waals surface area contributed by atoms with E-state index < -0.39 is 5.60 Å². The number of aryl methyl sites for hydroxylation is 1. The molecule has 1 saturated heterocycles. The maximum Gasteiger partial charge on any atom is 0.123 e. The topological polar surface area (TPSA) is 23.5 Å². The maximum absolute atomic E-state index is 13.9. The zero-order chi connectivity index (χ0) is 16.1. The first-order chi connectivity index (χ1) is 10.3. The molecule has 0 bridgehead atoms. The molecular formula is C19H28FNO. The van der Waals surface area contributed by atoms with Crippen LogP contribution in [0.15, 0.2) is 12.1 Å². The maximum atomic E-state index is 13.9. The summed E-state index contributed by atoms with van der Waals surface area (Å²) < 4.78 is 13.9. The predicted octanol–water partition coefficient (Wildman–Crippen LogP) is 3.50. The molecule has 2 aliphatic rings. The van der Waals surface area contributed by atoms with E-state index >= 15 is 0 Å². The van der Waals surface area contributed by atoms with E-state index in [2.05, 4.69) is 32.7 Å². The predicted molar refractivity (Wildman–Crippen MR) is 87.4 cm³/mol. The average molecular weight is 305 g/mol. The lowest BCUT2D eigenvalue weighted by atomic mass is 9.64. The fourth-order valence-corrected chi connectivity index (χ4v) is 4.77. The molecule has 1 atom stereocenters. The fourth-order valence-electron chi connectivity index (χ4n) is 4.77. The summed E-state index contributed by atoms with van der Waals surface area (Å²) in [5, 5.41) is 11.8. The minimum absolute atomic E-state index is 0.168. The molecular weight excluding hydrogens is 277 g/mol. The minimum Gasteiger partial charge on any atom is -0.384 e. The van der Waals surface area contributed by atoms with Crippen molar-refractivity contribution in [1.29, 1.82) is 0 Å². The first kappa shape index (κ1) is 15.9. The highest BCUT2D eigenvalue weighted by Crippen LogP contribution is 2.57. The number of fused-ring (bicyclic) bond motifs is 1. The zero-order valence-electron chi connectivity index (χ0n) is 14.2. The molecule has 0 saturated carbocycles. The summed E-state index contributed by atoms with van der Waals surface area (Å²) in [5.41, 5.74) is 1.97. The van der Waals surface area contributed by atoms with E-state index in [0.29, 0.717) is 0 Å². The molecule has 1 aromatic rings. The molecule has 0 amide bonds. The molecule has 122 valence electrons. The Morgan fingerprint density at radius 1 is 1.27 bits per heavy atom. The molecule has 0 aromatic heterocycles. The van der Waals surface area contributed by atoms with Crippen LogP contribution in [0.3, 0.4) is 0 Å². The number of halogens is 1. The van der Waals surface area contributed by atoms with E-state index in [9.17, 15) is 9.50 Å². The second-order valence-electron chi connectivity index (χ2n) is 7.86. The lowest BCUT2D eigenvalue weighted by molar-refractivity contribution is -0.122. The van der Waals surface area contributed by atoms with Crippen molar-refractivity contribution in [2.45, 2.75) is 52.1 Å². The average Bonchev–Trinajstić information content (AvgIpc) is 2.66. The van der Waals surface area contributed by atoms with Crippen molar-refractivity contribution < 1.29 is 9.50 Å². The van der Waals surface area contributed by atoms with Gasteiger partial charge in [0.15, 0.2) is 0 Å². The van der Waals surface area contributed by atoms with Gasteiger partial charge in [-0.25, -0.2) is 4.39 Å². The molecule has 1 N–H and O–H groups in total. The minimum atomic E-state index is -0.831. The number of benzene rings is 1. The number of rotatable bonds is 2. The van der Waals surface area contributed by atoms with Gasteiger partial charge in [0.25, 0.3) is 0 Å². The van der Waals surface area contributed by atoms with Gasteiger partial charge in [0.05, 0.1) is 5.60 Å². The molecule has 1 aliphatic carbocycles. The number of hydrogen-bond acceptors (Lipinski definition) is 2. The van der Waals surface area contributed by atoms with Crippen LogP contribution >= 0.6 is 0 Å². The van der Waals surface area contributed by atoms with Crippen molar-refractivity contribution in [3.63, 3.8) is 0 Å². The quantitative estimate of drug-likeness (QED) is 0.904. The van der Waals surface area contributed by atoms with Gasteiger partial charge in [-0.05, 0) is 80.6 Å². The number of likely N-dealkylation sites (tertiary alicyclic amines) is 1. The van der Waals surface area contributed by atoms with Crippen molar-refractivity contribution in [3.8, 4) is 0 Å². The number of aliphatic hydroxyl groups is 1. The van der Waals surface area contributed by atoms with Crippen molar-refractivity contribution in [2.24, 2.45) is 11.3 Å². The largest absolute Gasteiger partial charge is 0.384 e. The van der Waals surface area contributed by atoms with Crippen LogP contribution in [0.4, 0.5) is 4.39 Å². The van der Waals surface area contributed by atoms with Crippen LogP contribution in [0.5, 0.6) is 0 Å². The van der Waals surface area contributed by atoms with Crippen LogP contribution in [0.1, 0.15) is 50.3 Å². The molecule has 3 heteroatoms. The summed E-state index contributed by atoms with van der Waals surface area (Å²) in [6, 6.07) is 3.27. The Bertz CT molecular complexity index is 575. The van der Waals surface area contributed by atoms with Gasteiger partial charge in [0.1, 0.15) is 5.82 Å². The summed E-state index contributed by atoms with van der Waals surface area (Å²) in [6.45, 7) is 8.39. The normalized spacial score (nSPS) is 28.8. The van der Waals surface area contributed by atoms with Crippen LogP contribution in [-0.4, -0.2) is 30.1 Å². The Hall–Kier alpha value is -0.930. The number of piperidine rings is 1. The Morgan fingerprint density at radius 2 is 1.91 bits per heavy atom. The van der Waals surface area contributed by atoms with Gasteiger partial charge in [-0.15, -0.1) is 0 Å². The summed E-state index contributed by atoms with van der Waals surface area (Å²) in [7, 11) is 2.14. The summed E-state index contributed by atoms with van der Waals surface area (Å²) in [4.78, 5) is 2.33. The van der Waals surface area contributed by atoms with Crippen LogP contribution < -0.4 is 0 Å². The SMILES string of the molecule is CCc1cc(F)cc2c1C(O)(C1CCN(C)CC1)C(C)(C)C2. The molecule has 1 heterocycles. The Balaban J connectivity index is 2.11. The van der Waals surface area contributed by atoms with Crippen LogP contribution in [0.25, 0.3) is 0 Å². The highest BCUT2D eigenvalue weighted by Gasteiger charge is 2.56. The summed E-state index contributed by atoms with van der Waals surface area (Å²) in [6.07, 6.45) is 3.55. The van der Waals surface area contributed by atoms with Crippen LogP contribution in [0.2, 0.25) is 0 Å². The van der Waals surface area contributed by atoms with Gasteiger partial charge in [-0.2, -0.15) is 0 Å². The van der Waals surface area contributed by atoms with E-state index in [4.69, 9.17) is 0 Å². The fraction of sp³-hybridized carbons (Fsp3) is 0.684. The van der Waals surface area contributed by atoms with Gasteiger partial charge in [0.2, 0.25) is 0 Å². The van der Waals surface area contributed by atoms with E-state index in [-0.39, 0.29) is 17.2 Å². The van der Waals surface area contributed by atoms with Crippen molar-refractivity contribution in [3.05, 3.63) is 34.6 Å². The lowest BCUT2D eigenvalue weighted by Crippen LogP contribution is -2.49. The first-order valence-electron chi connectivity index (χ1n) is 8.52. The first-order valence-corrected chi connectivity index (χ1v) is 8.52. The Morgan fingerprint density at radius 3 is 2.50 bits per heavy atom. The molecule has 2 nitrogen and oxygen atoms in total. The van der Waals surface area contributed by atoms with Gasteiger partial charge in [-0.3, -0.25) is 0 Å². The zero-order valence-corrected chi connectivity index (χ0v) is 14.2. The van der Waals surface area contributed by atoms with Gasteiger partial charge in [-0.1, -0.05) is 20.8 Å². The summed E-state index contributed by atoms with van der Waals surface area (Å²) >= 11 is 0. The second kappa shape index (κ2) is 5.31. The number of hydrogen-bond donors (Lipinski definition) is 1. The summed E-state index contributed by atoms with van der Waals surface area (Å²) in [5.74, 6) is 0.0924. The van der Waals surface area contributed by atoms with Gasteiger partial charge < -0.3 is 10.0 Å². The third-order valence-electron chi connectivity index (χ3n) is 6.00. The molecule has 0 spiro atoms. The molecule has 3 rings (SSSR count). The van der Waals surface area contributed by atoms with Gasteiger partial charge in [0, 0.05) is 5.41 Å². The molecule has 0 radical (unpaired) electrons. The van der Waals surface area contributed by atoms with E-state index in [1.54, 1.807) is 12.1 Å². The third-order valence-corrected chi connectivity index (χ3v) is 6.00. The van der Waals surface area contributed by atoms with Gasteiger partial charge >= 0.3 is 0 Å². The van der Waals surface area contributed by atoms with Crippen molar-refractivity contribution in [2.75, 3.05) is 20.1 Å². The molecule has 1 aromatic carbocycles. The third kappa shape index (κ3) is 2.21. The second-order valence-corrected chi connectivity index (χ2v) is 7.86. The standard InChI is InChI=1S/C19H28FNO/c1-5-13-10-16(20)11-14-12-18(2,3)19(22,17(13)14)15-6-8-21(4)9-7-15/h10-11,15,22H,5-9,12H2,1-4H3. The van der Waals surface area contributed by atoms with E-state index in [1.807, 2.05) is 0 Å². The Labute approximate surface area is 133 Å². The number of nitrogens with zero attached hydrogens (tertiary/aromatic N) is 1. The Kier molecular flexibility index (Phi) is 3.85. The van der Waals surface area contributed by atoms with Crippen LogP contribution in [0, 0.1) is 17.2 Å². The molecule has 1 aliphatic heterocycles. The lowest BCUT2D eigenvalue weighted by Gasteiger charge is -2.47. The monoisotopic (exact) mass is 305 g/mol. The highest BCUT2D eigenvalue weighted by atomic mass is 19.1. The van der Waals surface area contributed by atoms with E-state index in [0.717, 1.165) is 55.5 Å². The molecule has 22 heavy (non-hydrogen) atoms. The van der Waals surface area contributed by atoms with Crippen molar-refractivity contribution >= 4 is 0 Å². The van der Waals surface area contributed by atoms with Crippen molar-refractivity contribution in [1.82, 2.24) is 4.90 Å². The molecule has 1 unspecified atom stereocenters. The highest BCUT2D eigenvalue weighted by molar-refractivity contribution is 5.47. The smallest absolute Gasteiger partial charge is 0.123 e.